The maximum atomic E-state index is 14.9. The van der Waals surface area contributed by atoms with Crippen LogP contribution in [0, 0.1) is 17.6 Å². The highest BCUT2D eigenvalue weighted by Crippen LogP contribution is 2.31. The summed E-state index contributed by atoms with van der Waals surface area (Å²) in [5, 5.41) is 2.71. The van der Waals surface area contributed by atoms with Gasteiger partial charge in [-0.05, 0) is 37.4 Å². The second-order valence-corrected chi connectivity index (χ2v) is 7.26. The number of nitrogens with one attached hydrogen (secondary N) is 1. The van der Waals surface area contributed by atoms with E-state index in [9.17, 15) is 21.6 Å². The summed E-state index contributed by atoms with van der Waals surface area (Å²) in [6.07, 6.45) is 2.22. The van der Waals surface area contributed by atoms with E-state index < -0.39 is 33.3 Å². The van der Waals surface area contributed by atoms with Crippen molar-refractivity contribution in [2.75, 3.05) is 7.05 Å². The molecule has 0 bridgehead atoms. The number of hydrogen-bond acceptors (Lipinski definition) is 4. The molecule has 9 heteroatoms. The van der Waals surface area contributed by atoms with Gasteiger partial charge in [-0.2, -0.15) is 4.39 Å². The van der Waals surface area contributed by atoms with Gasteiger partial charge >= 0.3 is 0 Å². The number of nitrogens with zero attached hydrogens (tertiary/aromatic N) is 2. The van der Waals surface area contributed by atoms with Crippen LogP contribution in [0.4, 0.5) is 13.2 Å². The SMILES string of the molecule is CNCc1cn(S(=O)(=O)c2cccc(F)c2)c(-c2cccnc2F)c1F. The Morgan fingerprint density at radius 3 is 2.58 bits per heavy atom. The molecule has 0 saturated carbocycles. The first-order chi connectivity index (χ1) is 12.4. The van der Waals surface area contributed by atoms with Gasteiger partial charge < -0.3 is 5.32 Å². The van der Waals surface area contributed by atoms with E-state index in [4.69, 9.17) is 0 Å². The van der Waals surface area contributed by atoms with Gasteiger partial charge in [0.25, 0.3) is 10.0 Å². The van der Waals surface area contributed by atoms with Gasteiger partial charge in [-0.25, -0.2) is 26.2 Å². The molecule has 0 atom stereocenters. The minimum absolute atomic E-state index is 0.0192. The normalized spacial score (nSPS) is 11.7. The topological polar surface area (TPSA) is 64.0 Å². The zero-order valence-corrected chi connectivity index (χ0v) is 14.4. The monoisotopic (exact) mass is 381 g/mol. The molecule has 5 nitrogen and oxygen atoms in total. The van der Waals surface area contributed by atoms with Crippen LogP contribution in [0.2, 0.25) is 0 Å². The van der Waals surface area contributed by atoms with Gasteiger partial charge in [0.05, 0.1) is 10.5 Å². The standard InChI is InChI=1S/C17H14F3N3O2S/c1-21-9-11-10-23(26(24,25)13-5-2-4-12(18)8-13)16(15(11)19)14-6-3-7-22-17(14)20/h2-8,10,21H,9H2,1H3. The van der Waals surface area contributed by atoms with Crippen molar-refractivity contribution in [3.63, 3.8) is 0 Å². The van der Waals surface area contributed by atoms with Crippen molar-refractivity contribution in [1.29, 1.82) is 0 Å². The molecular weight excluding hydrogens is 367 g/mol. The van der Waals surface area contributed by atoms with Gasteiger partial charge in [0, 0.05) is 24.5 Å². The summed E-state index contributed by atoms with van der Waals surface area (Å²) in [7, 11) is -2.80. The minimum Gasteiger partial charge on any atom is -0.316 e. The number of rotatable bonds is 5. The lowest BCUT2D eigenvalue weighted by molar-refractivity contribution is 0.573. The van der Waals surface area contributed by atoms with E-state index in [1.807, 2.05) is 0 Å². The number of hydrogen-bond donors (Lipinski definition) is 1. The smallest absolute Gasteiger partial charge is 0.268 e. The number of aromatic nitrogens is 2. The maximum Gasteiger partial charge on any atom is 0.268 e. The van der Waals surface area contributed by atoms with Crippen molar-refractivity contribution in [3.8, 4) is 11.3 Å². The first-order valence-electron chi connectivity index (χ1n) is 7.52. The third-order valence-electron chi connectivity index (χ3n) is 3.72. The van der Waals surface area contributed by atoms with Gasteiger partial charge in [-0.1, -0.05) is 6.07 Å². The Labute approximate surface area is 148 Å². The maximum absolute atomic E-state index is 14.9. The third kappa shape index (κ3) is 3.11. The van der Waals surface area contributed by atoms with Gasteiger partial charge in [-0.15, -0.1) is 0 Å². The van der Waals surface area contributed by atoms with Crippen LogP contribution in [0.5, 0.6) is 0 Å². The average Bonchev–Trinajstić information content (AvgIpc) is 2.93. The van der Waals surface area contributed by atoms with E-state index in [2.05, 4.69) is 10.3 Å². The lowest BCUT2D eigenvalue weighted by Crippen LogP contribution is -2.14. The van der Waals surface area contributed by atoms with Gasteiger partial charge in [0.2, 0.25) is 5.95 Å². The lowest BCUT2D eigenvalue weighted by atomic mass is 10.2. The van der Waals surface area contributed by atoms with Crippen LogP contribution in [0.3, 0.4) is 0 Å². The Kier molecular flexibility index (Phi) is 4.84. The molecule has 1 aromatic carbocycles. The van der Waals surface area contributed by atoms with Crippen LogP contribution in [-0.4, -0.2) is 24.4 Å². The Morgan fingerprint density at radius 2 is 1.92 bits per heavy atom. The Morgan fingerprint density at radius 1 is 1.15 bits per heavy atom. The summed E-state index contributed by atoms with van der Waals surface area (Å²) in [4.78, 5) is 3.06. The molecule has 0 aliphatic heterocycles. The van der Waals surface area contributed by atoms with Crippen molar-refractivity contribution >= 4 is 10.0 Å². The van der Waals surface area contributed by atoms with E-state index in [0.717, 1.165) is 18.3 Å². The van der Waals surface area contributed by atoms with Crippen molar-refractivity contribution in [2.45, 2.75) is 11.4 Å². The van der Waals surface area contributed by atoms with Gasteiger partial charge in [-0.3, -0.25) is 0 Å². The van der Waals surface area contributed by atoms with Crippen molar-refractivity contribution < 1.29 is 21.6 Å². The second kappa shape index (κ2) is 6.93. The largest absolute Gasteiger partial charge is 0.316 e. The minimum atomic E-state index is -4.36. The van der Waals surface area contributed by atoms with Crippen LogP contribution in [0.1, 0.15) is 5.56 Å². The summed E-state index contributed by atoms with van der Waals surface area (Å²) < 4.78 is 68.9. The molecule has 136 valence electrons. The van der Waals surface area contributed by atoms with E-state index in [-0.39, 0.29) is 22.6 Å². The fourth-order valence-corrected chi connectivity index (χ4v) is 3.98. The number of pyridine rings is 1. The zero-order chi connectivity index (χ0) is 18.9. The molecule has 0 spiro atoms. The Bertz CT molecular complexity index is 1060. The highest BCUT2D eigenvalue weighted by atomic mass is 32.2. The van der Waals surface area contributed by atoms with Crippen LogP contribution >= 0.6 is 0 Å². The molecule has 0 aliphatic carbocycles. The lowest BCUT2D eigenvalue weighted by Gasteiger charge is -2.11. The Balaban J connectivity index is 2.31. The molecule has 0 aliphatic rings. The Hall–Kier alpha value is -2.65. The summed E-state index contributed by atoms with van der Waals surface area (Å²) in [6, 6.07) is 6.89. The summed E-state index contributed by atoms with van der Waals surface area (Å²) in [5.41, 5.74) is -0.789. The molecule has 2 aromatic heterocycles. The quantitative estimate of drug-likeness (QED) is 0.691. The van der Waals surface area contributed by atoms with Crippen LogP contribution < -0.4 is 5.32 Å². The van der Waals surface area contributed by atoms with Crippen LogP contribution in [0.25, 0.3) is 11.3 Å². The molecular formula is C17H14F3N3O2S. The first kappa shape index (κ1) is 18.2. The van der Waals surface area contributed by atoms with E-state index in [1.165, 1.54) is 30.5 Å². The highest BCUT2D eigenvalue weighted by molar-refractivity contribution is 7.90. The molecule has 3 aromatic rings. The predicted molar refractivity (Wildman–Crippen MR) is 89.3 cm³/mol. The molecule has 1 N–H and O–H groups in total. The molecule has 0 amide bonds. The fourth-order valence-electron chi connectivity index (χ4n) is 2.56. The first-order valence-corrected chi connectivity index (χ1v) is 8.96. The average molecular weight is 381 g/mol. The summed E-state index contributed by atoms with van der Waals surface area (Å²) in [5.74, 6) is -2.68. The molecule has 0 unspecified atom stereocenters. The highest BCUT2D eigenvalue weighted by Gasteiger charge is 2.28. The van der Waals surface area contributed by atoms with Gasteiger partial charge in [0.15, 0.2) is 5.82 Å². The number of benzene rings is 1. The molecule has 2 heterocycles. The molecule has 3 rings (SSSR count). The van der Waals surface area contributed by atoms with Crippen molar-refractivity contribution in [1.82, 2.24) is 14.3 Å². The molecule has 0 radical (unpaired) electrons. The van der Waals surface area contributed by atoms with E-state index >= 15 is 0 Å². The van der Waals surface area contributed by atoms with Crippen LogP contribution in [-0.2, 0) is 16.6 Å². The molecule has 0 saturated heterocycles. The van der Waals surface area contributed by atoms with Crippen molar-refractivity contribution in [3.05, 3.63) is 71.9 Å². The predicted octanol–water partition coefficient (Wildman–Crippen LogP) is 2.92. The molecule has 0 fully saturated rings. The van der Waals surface area contributed by atoms with Gasteiger partial charge in [0.1, 0.15) is 11.5 Å². The third-order valence-corrected chi connectivity index (χ3v) is 5.37. The second-order valence-electron chi connectivity index (χ2n) is 5.45. The number of halogens is 3. The van der Waals surface area contributed by atoms with E-state index in [0.29, 0.717) is 3.97 Å². The summed E-state index contributed by atoms with van der Waals surface area (Å²) in [6.45, 7) is 0.0202. The fraction of sp³-hybridized carbons (Fsp3) is 0.118. The van der Waals surface area contributed by atoms with Crippen molar-refractivity contribution in [2.24, 2.45) is 0 Å². The zero-order valence-electron chi connectivity index (χ0n) is 13.6. The summed E-state index contributed by atoms with van der Waals surface area (Å²) >= 11 is 0. The molecule has 26 heavy (non-hydrogen) atoms. The van der Waals surface area contributed by atoms with E-state index in [1.54, 1.807) is 7.05 Å². The van der Waals surface area contributed by atoms with Crippen LogP contribution in [0.15, 0.2) is 53.7 Å².